The molecule has 0 unspecified atom stereocenters. The molecule has 1 aromatic heterocycles. The number of alkyl halides is 3. The van der Waals surface area contributed by atoms with Gasteiger partial charge in [-0.15, -0.1) is 13.2 Å². The van der Waals surface area contributed by atoms with Gasteiger partial charge in [-0.25, -0.2) is 4.79 Å². The Morgan fingerprint density at radius 3 is 2.44 bits per heavy atom. The van der Waals surface area contributed by atoms with Crippen LogP contribution in [0.3, 0.4) is 0 Å². The molecular weight excluding hydrogens is 347 g/mol. The maximum absolute atomic E-state index is 12.0. The van der Waals surface area contributed by atoms with Gasteiger partial charge in [0.2, 0.25) is 5.88 Å². The molecular formula is C14H12F3N3O5. The van der Waals surface area contributed by atoms with Crippen molar-refractivity contribution >= 4 is 23.4 Å². The monoisotopic (exact) mass is 359 g/mol. The summed E-state index contributed by atoms with van der Waals surface area (Å²) in [5.41, 5.74) is 5.73. The SMILES string of the molecule is Cc1noc(N)c1C(=O)OCC(=O)Nc1ccc(OC(F)(F)F)cc1. The summed E-state index contributed by atoms with van der Waals surface area (Å²) in [4.78, 5) is 23.5. The molecule has 11 heteroatoms. The Kier molecular flexibility index (Phi) is 5.15. The highest BCUT2D eigenvalue weighted by Gasteiger charge is 2.31. The van der Waals surface area contributed by atoms with Crippen molar-refractivity contribution in [3.63, 3.8) is 0 Å². The Morgan fingerprint density at radius 1 is 1.28 bits per heavy atom. The Morgan fingerprint density at radius 2 is 1.92 bits per heavy atom. The number of benzene rings is 1. The number of aromatic nitrogens is 1. The third-order valence-corrected chi connectivity index (χ3v) is 2.80. The summed E-state index contributed by atoms with van der Waals surface area (Å²) in [6.07, 6.45) is -4.80. The molecule has 0 aliphatic heterocycles. The average molecular weight is 359 g/mol. The molecule has 0 bridgehead atoms. The summed E-state index contributed by atoms with van der Waals surface area (Å²) in [5.74, 6) is -2.26. The normalized spacial score (nSPS) is 11.0. The second-order valence-electron chi connectivity index (χ2n) is 4.70. The molecule has 1 aromatic carbocycles. The van der Waals surface area contributed by atoms with Gasteiger partial charge in [-0.3, -0.25) is 4.79 Å². The van der Waals surface area contributed by atoms with E-state index in [4.69, 9.17) is 10.5 Å². The molecule has 1 heterocycles. The van der Waals surface area contributed by atoms with Crippen molar-refractivity contribution in [3.8, 4) is 5.75 Å². The van der Waals surface area contributed by atoms with E-state index < -0.39 is 30.6 Å². The molecule has 0 aliphatic carbocycles. The van der Waals surface area contributed by atoms with Crippen molar-refractivity contribution in [2.24, 2.45) is 0 Å². The van der Waals surface area contributed by atoms with E-state index in [-0.39, 0.29) is 22.8 Å². The third kappa shape index (κ3) is 5.12. The van der Waals surface area contributed by atoms with Crippen LogP contribution < -0.4 is 15.8 Å². The van der Waals surface area contributed by atoms with Crippen LogP contribution in [0.2, 0.25) is 0 Å². The van der Waals surface area contributed by atoms with Gasteiger partial charge in [0.1, 0.15) is 11.3 Å². The summed E-state index contributed by atoms with van der Waals surface area (Å²) < 4.78 is 49.2. The lowest BCUT2D eigenvalue weighted by Crippen LogP contribution is -2.21. The topological polar surface area (TPSA) is 117 Å². The van der Waals surface area contributed by atoms with Crippen LogP contribution in [0.4, 0.5) is 24.7 Å². The van der Waals surface area contributed by atoms with Gasteiger partial charge in [0.15, 0.2) is 6.61 Å². The third-order valence-electron chi connectivity index (χ3n) is 2.80. The standard InChI is InChI=1S/C14H12F3N3O5/c1-7-11(12(18)25-20-7)13(22)23-6-10(21)19-8-2-4-9(5-3-8)24-14(15,16)17/h2-5H,6,18H2,1H3,(H,19,21). The first-order valence-electron chi connectivity index (χ1n) is 6.70. The number of esters is 1. The lowest BCUT2D eigenvalue weighted by molar-refractivity contribution is -0.274. The van der Waals surface area contributed by atoms with Crippen LogP contribution in [0.5, 0.6) is 5.75 Å². The summed E-state index contributed by atoms with van der Waals surface area (Å²) in [7, 11) is 0. The van der Waals surface area contributed by atoms with Crippen molar-refractivity contribution in [3.05, 3.63) is 35.5 Å². The number of hydrogen-bond donors (Lipinski definition) is 2. The number of rotatable bonds is 5. The molecule has 25 heavy (non-hydrogen) atoms. The number of nitrogen functional groups attached to an aromatic ring is 1. The highest BCUT2D eigenvalue weighted by molar-refractivity contribution is 5.98. The molecule has 0 atom stereocenters. The molecule has 2 rings (SSSR count). The number of nitrogens with two attached hydrogens (primary N) is 1. The number of nitrogens with zero attached hydrogens (tertiary/aromatic N) is 1. The zero-order chi connectivity index (χ0) is 18.6. The lowest BCUT2D eigenvalue weighted by atomic mass is 10.2. The van der Waals surface area contributed by atoms with Crippen LogP contribution in [0.1, 0.15) is 16.1 Å². The van der Waals surface area contributed by atoms with Crippen molar-refractivity contribution in [1.29, 1.82) is 0 Å². The van der Waals surface area contributed by atoms with Gasteiger partial charge in [-0.2, -0.15) is 0 Å². The van der Waals surface area contributed by atoms with Gasteiger partial charge in [0, 0.05) is 5.69 Å². The second-order valence-corrected chi connectivity index (χ2v) is 4.70. The number of nitrogens with one attached hydrogen (secondary N) is 1. The fraction of sp³-hybridized carbons (Fsp3) is 0.214. The predicted octanol–water partition coefficient (Wildman–Crippen LogP) is 2.26. The first kappa shape index (κ1) is 18.1. The second kappa shape index (κ2) is 7.11. The highest BCUT2D eigenvalue weighted by Crippen LogP contribution is 2.24. The predicted molar refractivity (Wildman–Crippen MR) is 77.7 cm³/mol. The minimum absolute atomic E-state index is 0.0820. The van der Waals surface area contributed by atoms with Gasteiger partial charge in [-0.1, -0.05) is 5.16 Å². The summed E-state index contributed by atoms with van der Waals surface area (Å²) in [6.45, 7) is 0.838. The Labute approximate surface area is 138 Å². The number of hydrogen-bond acceptors (Lipinski definition) is 7. The van der Waals surface area contributed by atoms with Crippen molar-refractivity contribution in [1.82, 2.24) is 5.16 Å². The molecule has 2 aromatic rings. The maximum atomic E-state index is 12.0. The number of ether oxygens (including phenoxy) is 2. The maximum Gasteiger partial charge on any atom is 0.573 e. The Hall–Kier alpha value is -3.24. The van der Waals surface area contributed by atoms with Crippen molar-refractivity contribution in [2.45, 2.75) is 13.3 Å². The van der Waals surface area contributed by atoms with E-state index >= 15 is 0 Å². The zero-order valence-electron chi connectivity index (χ0n) is 12.7. The van der Waals surface area contributed by atoms with Crippen LogP contribution in [0, 0.1) is 6.92 Å². The Bertz CT molecular complexity index is 752. The van der Waals surface area contributed by atoms with Gasteiger partial charge in [0.25, 0.3) is 5.91 Å². The van der Waals surface area contributed by atoms with Crippen LogP contribution in [-0.4, -0.2) is 30.0 Å². The minimum atomic E-state index is -4.80. The number of carbonyl (C=O) groups excluding carboxylic acids is 2. The van der Waals surface area contributed by atoms with E-state index in [0.29, 0.717) is 0 Å². The van der Waals surface area contributed by atoms with E-state index in [1.165, 1.54) is 19.1 Å². The molecule has 0 aliphatic rings. The number of halogens is 3. The van der Waals surface area contributed by atoms with Gasteiger partial charge < -0.3 is 25.0 Å². The van der Waals surface area contributed by atoms with Gasteiger partial charge in [0.05, 0.1) is 5.69 Å². The molecule has 0 radical (unpaired) electrons. The fourth-order valence-electron chi connectivity index (χ4n) is 1.78. The molecule has 0 fully saturated rings. The van der Waals surface area contributed by atoms with Gasteiger partial charge >= 0.3 is 12.3 Å². The summed E-state index contributed by atoms with van der Waals surface area (Å²) in [5, 5.41) is 5.81. The first-order valence-corrected chi connectivity index (χ1v) is 6.70. The summed E-state index contributed by atoms with van der Waals surface area (Å²) >= 11 is 0. The first-order chi connectivity index (χ1) is 11.7. The lowest BCUT2D eigenvalue weighted by Gasteiger charge is -2.10. The van der Waals surface area contributed by atoms with E-state index in [2.05, 4.69) is 19.7 Å². The number of carbonyl (C=O) groups is 2. The molecule has 1 amide bonds. The largest absolute Gasteiger partial charge is 0.573 e. The fourth-order valence-corrected chi connectivity index (χ4v) is 1.78. The molecule has 0 saturated heterocycles. The van der Waals surface area contributed by atoms with E-state index in [1.54, 1.807) is 0 Å². The van der Waals surface area contributed by atoms with Gasteiger partial charge in [-0.05, 0) is 31.2 Å². The molecule has 0 spiro atoms. The quantitative estimate of drug-likeness (QED) is 0.787. The minimum Gasteiger partial charge on any atom is -0.452 e. The molecule has 134 valence electrons. The van der Waals surface area contributed by atoms with Crippen LogP contribution >= 0.6 is 0 Å². The smallest absolute Gasteiger partial charge is 0.452 e. The van der Waals surface area contributed by atoms with E-state index in [1.807, 2.05) is 0 Å². The highest BCUT2D eigenvalue weighted by atomic mass is 19.4. The van der Waals surface area contributed by atoms with Crippen LogP contribution in [-0.2, 0) is 9.53 Å². The number of amides is 1. The van der Waals surface area contributed by atoms with E-state index in [9.17, 15) is 22.8 Å². The van der Waals surface area contributed by atoms with E-state index in [0.717, 1.165) is 12.1 Å². The average Bonchev–Trinajstić information content (AvgIpc) is 2.84. The van der Waals surface area contributed by atoms with Crippen molar-refractivity contribution < 1.29 is 36.8 Å². The molecule has 8 nitrogen and oxygen atoms in total. The molecule has 0 saturated carbocycles. The van der Waals surface area contributed by atoms with Crippen LogP contribution in [0.15, 0.2) is 28.8 Å². The molecule has 3 N–H and O–H groups in total. The zero-order valence-corrected chi connectivity index (χ0v) is 12.7. The number of anilines is 2. The number of aryl methyl sites for hydroxylation is 1. The summed E-state index contributed by atoms with van der Waals surface area (Å²) in [6, 6.07) is 4.44. The van der Waals surface area contributed by atoms with Crippen molar-refractivity contribution in [2.75, 3.05) is 17.7 Å². The Balaban J connectivity index is 1.87. The van der Waals surface area contributed by atoms with Crippen LogP contribution in [0.25, 0.3) is 0 Å².